The van der Waals surface area contributed by atoms with Gasteiger partial charge in [-0.15, -0.1) is 0 Å². The van der Waals surface area contributed by atoms with E-state index in [4.69, 9.17) is 9.66 Å². The summed E-state index contributed by atoms with van der Waals surface area (Å²) in [6.45, 7) is 1.30. The van der Waals surface area contributed by atoms with Gasteiger partial charge in [-0.1, -0.05) is 28.0 Å². The van der Waals surface area contributed by atoms with Crippen LogP contribution < -0.4 is 5.32 Å². The van der Waals surface area contributed by atoms with Crippen LogP contribution in [0.25, 0.3) is 0 Å². The monoisotopic (exact) mass is 389 g/mol. The Morgan fingerprint density at radius 1 is 1.13 bits per heavy atom. The van der Waals surface area contributed by atoms with Crippen molar-refractivity contribution in [1.29, 1.82) is 0 Å². The predicted octanol–water partition coefficient (Wildman–Crippen LogP) is 0.766. The molecule has 2 atom stereocenters. The number of carbonyl (C=O) groups excluding carboxylic acids is 1. The summed E-state index contributed by atoms with van der Waals surface area (Å²) < 4.78 is 29.5. The first-order valence-corrected chi connectivity index (χ1v) is 11.1. The Morgan fingerprint density at radius 2 is 1.74 bits per heavy atom. The van der Waals surface area contributed by atoms with Crippen molar-refractivity contribution in [2.24, 2.45) is 0 Å². The number of aliphatic hydroxyl groups excluding tert-OH is 1. The minimum absolute atomic E-state index is 0.192. The van der Waals surface area contributed by atoms with Crippen LogP contribution in [-0.2, 0) is 19.7 Å². The number of aliphatic hydroxyl groups is 1. The quantitative estimate of drug-likeness (QED) is 0.204. The largest absolute Gasteiger partial charge is 0.480 e. The fourth-order valence-corrected chi connectivity index (χ4v) is 4.86. The van der Waals surface area contributed by atoms with Crippen LogP contribution >= 0.6 is 21.6 Å². The smallest absolute Gasteiger partial charge is 0.328 e. The summed E-state index contributed by atoms with van der Waals surface area (Å²) in [6.07, 6.45) is 1.26. The fourth-order valence-electron chi connectivity index (χ4n) is 1.51. The van der Waals surface area contributed by atoms with Crippen LogP contribution in [0.4, 0.5) is 0 Å². The number of rotatable bonds is 13. The van der Waals surface area contributed by atoms with Gasteiger partial charge in [0, 0.05) is 17.9 Å². The SMILES string of the molecule is C[C@@H](O)[C@@H](NC(=O)CCCCCSSCCS(=O)(=O)O)C(=O)O. The lowest BCUT2D eigenvalue weighted by Gasteiger charge is -2.16. The van der Waals surface area contributed by atoms with Gasteiger partial charge in [0.2, 0.25) is 5.91 Å². The van der Waals surface area contributed by atoms with E-state index < -0.39 is 34.1 Å². The van der Waals surface area contributed by atoms with Crippen molar-refractivity contribution in [3.05, 3.63) is 0 Å². The molecule has 0 bridgehead atoms. The van der Waals surface area contributed by atoms with Gasteiger partial charge in [0.05, 0.1) is 11.9 Å². The van der Waals surface area contributed by atoms with E-state index in [-0.39, 0.29) is 12.2 Å². The summed E-state index contributed by atoms with van der Waals surface area (Å²) in [5.41, 5.74) is 0. The second kappa shape index (κ2) is 12.0. The number of carboxylic acid groups (broad SMARTS) is 1. The zero-order valence-corrected chi connectivity index (χ0v) is 15.3. The van der Waals surface area contributed by atoms with Crippen LogP contribution in [-0.4, -0.2) is 64.5 Å². The first kappa shape index (κ1) is 22.5. The maximum atomic E-state index is 11.6. The number of hydrogen-bond acceptors (Lipinski definition) is 7. The number of carboxylic acids is 1. The first-order valence-electron chi connectivity index (χ1n) is 7.03. The summed E-state index contributed by atoms with van der Waals surface area (Å²) in [7, 11) is -1.03. The van der Waals surface area contributed by atoms with Crippen molar-refractivity contribution in [3.63, 3.8) is 0 Å². The van der Waals surface area contributed by atoms with Gasteiger partial charge < -0.3 is 15.5 Å². The van der Waals surface area contributed by atoms with E-state index in [1.54, 1.807) is 0 Å². The average Bonchev–Trinajstić information content (AvgIpc) is 2.41. The van der Waals surface area contributed by atoms with Gasteiger partial charge in [-0.3, -0.25) is 9.35 Å². The van der Waals surface area contributed by atoms with Crippen LogP contribution in [0.15, 0.2) is 0 Å². The molecule has 0 saturated carbocycles. The Bertz CT molecular complexity index is 467. The van der Waals surface area contributed by atoms with Gasteiger partial charge in [0.15, 0.2) is 6.04 Å². The average molecular weight is 390 g/mol. The number of unbranched alkanes of at least 4 members (excludes halogenated alkanes) is 2. The van der Waals surface area contributed by atoms with Crippen molar-refractivity contribution >= 4 is 43.6 Å². The summed E-state index contributed by atoms with van der Waals surface area (Å²) in [5, 5.41) is 20.3. The van der Waals surface area contributed by atoms with E-state index in [1.165, 1.54) is 28.5 Å². The third kappa shape index (κ3) is 13.6. The van der Waals surface area contributed by atoms with Crippen molar-refractivity contribution in [3.8, 4) is 0 Å². The molecular weight excluding hydrogens is 366 g/mol. The number of nitrogens with one attached hydrogen (secondary N) is 1. The lowest BCUT2D eigenvalue weighted by Crippen LogP contribution is -2.47. The van der Waals surface area contributed by atoms with E-state index in [2.05, 4.69) is 5.32 Å². The maximum absolute atomic E-state index is 11.6. The Kier molecular flexibility index (Phi) is 11.7. The van der Waals surface area contributed by atoms with Crippen LogP contribution in [0.3, 0.4) is 0 Å². The Labute approximate surface area is 143 Å². The van der Waals surface area contributed by atoms with E-state index in [0.29, 0.717) is 12.2 Å². The number of aliphatic carboxylic acids is 1. The van der Waals surface area contributed by atoms with E-state index in [9.17, 15) is 23.1 Å². The number of carbonyl (C=O) groups is 2. The highest BCUT2D eigenvalue weighted by Crippen LogP contribution is 2.22. The summed E-state index contributed by atoms with van der Waals surface area (Å²) in [6, 6.07) is -1.29. The third-order valence-corrected chi connectivity index (χ3v) is 6.18. The molecule has 0 aromatic heterocycles. The molecule has 23 heavy (non-hydrogen) atoms. The third-order valence-electron chi connectivity index (χ3n) is 2.70. The summed E-state index contributed by atoms with van der Waals surface area (Å²) in [5.74, 6) is -0.829. The molecule has 0 aliphatic carbocycles. The molecule has 0 saturated heterocycles. The molecule has 0 unspecified atom stereocenters. The number of hydrogen-bond donors (Lipinski definition) is 4. The molecule has 11 heteroatoms. The minimum atomic E-state index is -3.90. The molecule has 0 aromatic rings. The molecule has 1 amide bonds. The van der Waals surface area contributed by atoms with Gasteiger partial charge in [0.25, 0.3) is 10.1 Å². The fraction of sp³-hybridized carbons (Fsp3) is 0.833. The zero-order chi connectivity index (χ0) is 17.9. The second-order valence-electron chi connectivity index (χ2n) is 4.86. The molecule has 0 aliphatic rings. The Morgan fingerprint density at radius 3 is 2.26 bits per heavy atom. The Hall–Kier alpha value is -0.490. The normalized spacial score (nSPS) is 14.2. The molecule has 0 heterocycles. The van der Waals surface area contributed by atoms with Crippen molar-refractivity contribution in [2.75, 3.05) is 17.3 Å². The number of amides is 1. The minimum Gasteiger partial charge on any atom is -0.480 e. The lowest BCUT2D eigenvalue weighted by atomic mass is 10.1. The zero-order valence-electron chi connectivity index (χ0n) is 12.8. The predicted molar refractivity (Wildman–Crippen MR) is 91.0 cm³/mol. The van der Waals surface area contributed by atoms with Crippen molar-refractivity contribution in [2.45, 2.75) is 44.8 Å². The Balaban J connectivity index is 3.61. The van der Waals surface area contributed by atoms with Gasteiger partial charge >= 0.3 is 5.97 Å². The summed E-state index contributed by atoms with van der Waals surface area (Å²) >= 11 is 0. The van der Waals surface area contributed by atoms with Crippen molar-refractivity contribution < 1.29 is 32.8 Å². The van der Waals surface area contributed by atoms with Crippen molar-refractivity contribution in [1.82, 2.24) is 5.32 Å². The molecule has 0 fully saturated rings. The van der Waals surface area contributed by atoms with Crippen LogP contribution in [0.2, 0.25) is 0 Å². The van der Waals surface area contributed by atoms with Gasteiger partial charge in [-0.25, -0.2) is 4.79 Å². The topological polar surface area (TPSA) is 141 Å². The van der Waals surface area contributed by atoms with Gasteiger partial charge in [-0.2, -0.15) is 8.42 Å². The van der Waals surface area contributed by atoms with E-state index >= 15 is 0 Å². The van der Waals surface area contributed by atoms with E-state index in [0.717, 1.165) is 18.6 Å². The molecule has 0 aromatic carbocycles. The van der Waals surface area contributed by atoms with Gasteiger partial charge in [0.1, 0.15) is 0 Å². The standard InChI is InChI=1S/C12H23NO7S3/c1-9(14)11(12(16)17)13-10(15)5-3-2-4-6-21-22-7-8-23(18,19)20/h9,11,14H,2-8H2,1H3,(H,13,15)(H,16,17)(H,18,19,20)/t9-,11-/m1/s1. The maximum Gasteiger partial charge on any atom is 0.328 e. The molecule has 0 rings (SSSR count). The molecular formula is C12H23NO7S3. The molecule has 0 radical (unpaired) electrons. The molecule has 0 aliphatic heterocycles. The molecule has 8 nitrogen and oxygen atoms in total. The van der Waals surface area contributed by atoms with Crippen LogP contribution in [0, 0.1) is 0 Å². The van der Waals surface area contributed by atoms with Crippen LogP contribution in [0.1, 0.15) is 32.6 Å². The molecule has 0 spiro atoms. The van der Waals surface area contributed by atoms with E-state index in [1.807, 2.05) is 0 Å². The first-order chi connectivity index (χ1) is 10.6. The highest BCUT2D eigenvalue weighted by Gasteiger charge is 2.24. The highest BCUT2D eigenvalue weighted by molar-refractivity contribution is 8.76. The molecule has 136 valence electrons. The van der Waals surface area contributed by atoms with Crippen LogP contribution in [0.5, 0.6) is 0 Å². The molecule has 4 N–H and O–H groups in total. The van der Waals surface area contributed by atoms with Gasteiger partial charge in [-0.05, 0) is 19.8 Å². The lowest BCUT2D eigenvalue weighted by molar-refractivity contribution is -0.144. The second-order valence-corrected chi connectivity index (χ2v) is 9.14. The highest BCUT2D eigenvalue weighted by atomic mass is 33.1. The summed E-state index contributed by atoms with van der Waals surface area (Å²) in [4.78, 5) is 22.4.